The van der Waals surface area contributed by atoms with Gasteiger partial charge in [0.15, 0.2) is 0 Å². The average molecular weight is 398 g/mol. The zero-order chi connectivity index (χ0) is 20.7. The molecule has 0 saturated carbocycles. The summed E-state index contributed by atoms with van der Waals surface area (Å²) in [5.41, 5.74) is 3.52. The van der Waals surface area contributed by atoms with Crippen molar-refractivity contribution >= 4 is 21.6 Å². The Morgan fingerprint density at radius 3 is 2.43 bits per heavy atom. The Labute approximate surface area is 164 Å². The second-order valence-corrected chi connectivity index (χ2v) is 7.90. The summed E-state index contributed by atoms with van der Waals surface area (Å²) in [6.45, 7) is 4.32. The van der Waals surface area contributed by atoms with Crippen LogP contribution in [0.5, 0.6) is 0 Å². The van der Waals surface area contributed by atoms with E-state index in [2.05, 4.69) is 10.6 Å². The van der Waals surface area contributed by atoms with Crippen LogP contribution in [0.3, 0.4) is 0 Å². The van der Waals surface area contributed by atoms with Crippen molar-refractivity contribution in [2.75, 3.05) is 11.9 Å². The molecular formula is C20H22N4O3S. The van der Waals surface area contributed by atoms with E-state index in [4.69, 9.17) is 5.14 Å². The Kier molecular flexibility index (Phi) is 6.93. The summed E-state index contributed by atoms with van der Waals surface area (Å²) in [6.07, 6.45) is 1.95. The quantitative estimate of drug-likeness (QED) is 0.374. The average Bonchev–Trinajstić information content (AvgIpc) is 2.63. The summed E-state index contributed by atoms with van der Waals surface area (Å²) in [5.74, 6) is -0.487. The van der Waals surface area contributed by atoms with Gasteiger partial charge in [0.1, 0.15) is 11.6 Å². The number of aryl methyl sites for hydroxylation is 2. The number of benzene rings is 2. The van der Waals surface area contributed by atoms with Crippen molar-refractivity contribution in [1.82, 2.24) is 5.32 Å². The summed E-state index contributed by atoms with van der Waals surface area (Å²) in [6, 6.07) is 13.7. The molecule has 0 radical (unpaired) electrons. The van der Waals surface area contributed by atoms with E-state index in [1.165, 1.54) is 18.3 Å². The predicted molar refractivity (Wildman–Crippen MR) is 108 cm³/mol. The van der Waals surface area contributed by atoms with Gasteiger partial charge in [-0.3, -0.25) is 4.79 Å². The van der Waals surface area contributed by atoms with E-state index >= 15 is 0 Å². The number of amides is 1. The molecule has 8 heteroatoms. The number of anilines is 1. The molecule has 0 unspecified atom stereocenters. The molecule has 2 rings (SSSR count). The second-order valence-electron chi connectivity index (χ2n) is 6.34. The van der Waals surface area contributed by atoms with Gasteiger partial charge in [0, 0.05) is 18.4 Å². The number of rotatable bonds is 7. The van der Waals surface area contributed by atoms with Crippen LogP contribution in [0.25, 0.3) is 0 Å². The van der Waals surface area contributed by atoms with Gasteiger partial charge < -0.3 is 10.6 Å². The molecule has 0 heterocycles. The Balaban J connectivity index is 1.92. The highest BCUT2D eigenvalue weighted by atomic mass is 32.2. The van der Waals surface area contributed by atoms with Crippen molar-refractivity contribution in [2.24, 2.45) is 5.14 Å². The molecule has 2 aromatic rings. The lowest BCUT2D eigenvalue weighted by atomic mass is 10.1. The van der Waals surface area contributed by atoms with E-state index in [1.807, 2.05) is 32.0 Å². The summed E-state index contributed by atoms with van der Waals surface area (Å²) in [7, 11) is -3.71. The lowest BCUT2D eigenvalue weighted by Crippen LogP contribution is -2.18. The summed E-state index contributed by atoms with van der Waals surface area (Å²) in [4.78, 5) is 12.3. The smallest absolute Gasteiger partial charge is 0.267 e. The number of nitriles is 1. The fourth-order valence-electron chi connectivity index (χ4n) is 2.53. The standard InChI is InChI=1S/C20H22N4O3S/c1-14-3-8-19(15(2)11-14)24-20(25)17(12-21)13-23-10-9-16-4-6-18(7-5-16)28(22,26)27/h3-8,11,13,23H,9-10H2,1-2H3,(H,24,25)(H2,22,26,27)/b17-13-. The molecule has 2 aromatic carbocycles. The molecule has 0 aliphatic heterocycles. The van der Waals surface area contributed by atoms with Gasteiger partial charge in [-0.1, -0.05) is 29.8 Å². The summed E-state index contributed by atoms with van der Waals surface area (Å²) < 4.78 is 22.5. The first-order chi connectivity index (χ1) is 13.2. The molecule has 0 aliphatic rings. The molecule has 7 nitrogen and oxygen atoms in total. The third-order valence-corrected chi connectivity index (χ3v) is 4.98. The van der Waals surface area contributed by atoms with Crippen LogP contribution in [0.1, 0.15) is 16.7 Å². The minimum Gasteiger partial charge on any atom is -0.389 e. The normalized spacial score (nSPS) is 11.6. The van der Waals surface area contributed by atoms with Crippen LogP contribution in [0.2, 0.25) is 0 Å². The number of hydrogen-bond donors (Lipinski definition) is 3. The maximum Gasteiger partial charge on any atom is 0.267 e. The molecule has 0 atom stereocenters. The van der Waals surface area contributed by atoms with Crippen molar-refractivity contribution in [3.05, 3.63) is 70.9 Å². The molecule has 0 aromatic heterocycles. The monoisotopic (exact) mass is 398 g/mol. The summed E-state index contributed by atoms with van der Waals surface area (Å²) >= 11 is 0. The van der Waals surface area contributed by atoms with Gasteiger partial charge in [-0.05, 0) is 49.6 Å². The highest BCUT2D eigenvalue weighted by molar-refractivity contribution is 7.89. The maximum absolute atomic E-state index is 12.3. The third-order valence-electron chi connectivity index (χ3n) is 4.05. The lowest BCUT2D eigenvalue weighted by Gasteiger charge is -2.09. The van der Waals surface area contributed by atoms with E-state index in [1.54, 1.807) is 18.2 Å². The molecule has 0 bridgehead atoms. The van der Waals surface area contributed by atoms with E-state index in [0.29, 0.717) is 18.7 Å². The van der Waals surface area contributed by atoms with Crippen molar-refractivity contribution < 1.29 is 13.2 Å². The van der Waals surface area contributed by atoms with Gasteiger partial charge in [0.25, 0.3) is 5.91 Å². The van der Waals surface area contributed by atoms with Crippen molar-refractivity contribution in [3.8, 4) is 6.07 Å². The van der Waals surface area contributed by atoms with E-state index in [-0.39, 0.29) is 10.5 Å². The minimum atomic E-state index is -3.71. The third kappa shape index (κ3) is 5.94. The zero-order valence-corrected chi connectivity index (χ0v) is 16.5. The van der Waals surface area contributed by atoms with Gasteiger partial charge in [-0.2, -0.15) is 5.26 Å². The Hall–Kier alpha value is -3.15. The SMILES string of the molecule is Cc1ccc(NC(=O)/C(C#N)=C\NCCc2ccc(S(N)(=O)=O)cc2)c(C)c1. The number of nitrogens with zero attached hydrogens (tertiary/aromatic N) is 1. The number of hydrogen-bond acceptors (Lipinski definition) is 5. The van der Waals surface area contributed by atoms with Gasteiger partial charge in [-0.15, -0.1) is 0 Å². The first-order valence-corrected chi connectivity index (χ1v) is 10.1. The number of carbonyl (C=O) groups excluding carboxylic acids is 1. The molecule has 28 heavy (non-hydrogen) atoms. The molecule has 4 N–H and O–H groups in total. The molecular weight excluding hydrogens is 376 g/mol. The Morgan fingerprint density at radius 1 is 1.18 bits per heavy atom. The molecule has 0 saturated heterocycles. The predicted octanol–water partition coefficient (Wildman–Crippen LogP) is 2.13. The van der Waals surface area contributed by atoms with Gasteiger partial charge in [0.2, 0.25) is 10.0 Å². The van der Waals surface area contributed by atoms with Gasteiger partial charge >= 0.3 is 0 Å². The van der Waals surface area contributed by atoms with Crippen LogP contribution in [0.15, 0.2) is 59.1 Å². The second kappa shape index (κ2) is 9.17. The fourth-order valence-corrected chi connectivity index (χ4v) is 3.04. The van der Waals surface area contributed by atoms with Crippen LogP contribution in [-0.2, 0) is 21.2 Å². The van der Waals surface area contributed by atoms with Crippen LogP contribution in [0, 0.1) is 25.2 Å². The lowest BCUT2D eigenvalue weighted by molar-refractivity contribution is -0.112. The van der Waals surface area contributed by atoms with Crippen LogP contribution < -0.4 is 15.8 Å². The number of carbonyl (C=O) groups is 1. The topological polar surface area (TPSA) is 125 Å². The van der Waals surface area contributed by atoms with Crippen molar-refractivity contribution in [2.45, 2.75) is 25.2 Å². The molecule has 0 fully saturated rings. The number of nitrogens with one attached hydrogen (secondary N) is 2. The van der Waals surface area contributed by atoms with Crippen LogP contribution in [-0.4, -0.2) is 20.9 Å². The number of nitrogens with two attached hydrogens (primary N) is 1. The molecule has 1 amide bonds. The number of primary sulfonamides is 1. The summed E-state index contributed by atoms with van der Waals surface area (Å²) in [5, 5.41) is 19.9. The fraction of sp³-hybridized carbons (Fsp3) is 0.200. The minimum absolute atomic E-state index is 0.0375. The molecule has 0 aliphatic carbocycles. The van der Waals surface area contributed by atoms with Crippen LogP contribution >= 0.6 is 0 Å². The first-order valence-electron chi connectivity index (χ1n) is 8.54. The van der Waals surface area contributed by atoms with Crippen LogP contribution in [0.4, 0.5) is 5.69 Å². The first kappa shape index (κ1) is 21.2. The van der Waals surface area contributed by atoms with E-state index in [0.717, 1.165) is 16.7 Å². The maximum atomic E-state index is 12.3. The molecule has 146 valence electrons. The highest BCUT2D eigenvalue weighted by Crippen LogP contribution is 2.16. The highest BCUT2D eigenvalue weighted by Gasteiger charge is 2.10. The zero-order valence-electron chi connectivity index (χ0n) is 15.7. The van der Waals surface area contributed by atoms with E-state index < -0.39 is 15.9 Å². The largest absolute Gasteiger partial charge is 0.389 e. The molecule has 0 spiro atoms. The van der Waals surface area contributed by atoms with Crippen molar-refractivity contribution in [3.63, 3.8) is 0 Å². The van der Waals surface area contributed by atoms with Gasteiger partial charge in [-0.25, -0.2) is 13.6 Å². The van der Waals surface area contributed by atoms with E-state index in [9.17, 15) is 18.5 Å². The Morgan fingerprint density at radius 2 is 1.86 bits per heavy atom. The Bertz CT molecular complexity index is 1040. The van der Waals surface area contributed by atoms with Crippen molar-refractivity contribution in [1.29, 1.82) is 5.26 Å². The number of sulfonamides is 1. The van der Waals surface area contributed by atoms with Gasteiger partial charge in [0.05, 0.1) is 4.90 Å².